The van der Waals surface area contributed by atoms with Crippen LogP contribution in [0.15, 0.2) is 12.4 Å². The molecule has 1 aromatic rings. The number of rotatable bonds is 1. The average molecular weight is 205 g/mol. The highest BCUT2D eigenvalue weighted by Crippen LogP contribution is 2.05. The first-order chi connectivity index (χ1) is 7.40. The molecule has 0 aliphatic carbocycles. The van der Waals surface area contributed by atoms with Crippen molar-refractivity contribution in [2.45, 2.75) is 13.0 Å². The molecule has 2 rings (SSSR count). The van der Waals surface area contributed by atoms with E-state index in [1.54, 1.807) is 0 Å². The lowest BCUT2D eigenvalue weighted by Gasteiger charge is -2.15. The van der Waals surface area contributed by atoms with Crippen molar-refractivity contribution in [3.05, 3.63) is 18.2 Å². The van der Waals surface area contributed by atoms with Crippen LogP contribution in [0.25, 0.3) is 0 Å². The second kappa shape index (κ2) is 4.82. The van der Waals surface area contributed by atoms with E-state index in [0.29, 0.717) is 0 Å². The summed E-state index contributed by atoms with van der Waals surface area (Å²) in [5.41, 5.74) is 2.33. The van der Waals surface area contributed by atoms with Gasteiger partial charge in [0.2, 0.25) is 0 Å². The van der Waals surface area contributed by atoms with Crippen molar-refractivity contribution in [2.75, 3.05) is 19.6 Å². The summed E-state index contributed by atoms with van der Waals surface area (Å²) in [6.07, 6.45) is 4.89. The minimum absolute atomic E-state index is 0.759. The Bertz CT molecular complexity index is 350. The molecule has 3 N–H and O–H groups in total. The molecule has 0 unspecified atom stereocenters. The predicted octanol–water partition coefficient (Wildman–Crippen LogP) is -0.835. The van der Waals surface area contributed by atoms with Crippen LogP contribution in [0.2, 0.25) is 0 Å². The number of imidazole rings is 1. The van der Waals surface area contributed by atoms with Crippen molar-refractivity contribution in [2.24, 2.45) is 5.84 Å². The number of nitrogens with one attached hydrogen (secondary N) is 1. The molecule has 0 amide bonds. The molecule has 0 radical (unpaired) electrons. The molecular formula is C10H15N5. The van der Waals surface area contributed by atoms with Crippen LogP contribution in [0.5, 0.6) is 0 Å². The Kier molecular flexibility index (Phi) is 3.22. The SMILES string of the molecule is NNC#CCN1CCc2nccn2CC1. The molecule has 2 heterocycles. The van der Waals surface area contributed by atoms with Gasteiger partial charge in [-0.3, -0.25) is 10.3 Å². The van der Waals surface area contributed by atoms with Crippen molar-refractivity contribution < 1.29 is 0 Å². The van der Waals surface area contributed by atoms with Crippen LogP contribution in [0.3, 0.4) is 0 Å². The predicted molar refractivity (Wildman–Crippen MR) is 57.5 cm³/mol. The molecule has 0 saturated carbocycles. The first kappa shape index (κ1) is 10.0. The lowest BCUT2D eigenvalue weighted by atomic mass is 10.4. The Morgan fingerprint density at radius 2 is 2.40 bits per heavy atom. The molecule has 0 bridgehead atoms. The van der Waals surface area contributed by atoms with Gasteiger partial charge < -0.3 is 4.57 Å². The number of fused-ring (bicyclic) bond motifs is 1. The van der Waals surface area contributed by atoms with E-state index in [1.165, 1.54) is 5.82 Å². The Balaban J connectivity index is 1.91. The van der Waals surface area contributed by atoms with Crippen molar-refractivity contribution >= 4 is 0 Å². The Hall–Kier alpha value is -1.51. The van der Waals surface area contributed by atoms with Crippen LogP contribution in [0.4, 0.5) is 0 Å². The molecule has 0 atom stereocenters. The second-order valence-electron chi connectivity index (χ2n) is 3.51. The zero-order chi connectivity index (χ0) is 10.5. The largest absolute Gasteiger partial charge is 0.334 e. The molecule has 0 saturated heterocycles. The summed E-state index contributed by atoms with van der Waals surface area (Å²) >= 11 is 0. The summed E-state index contributed by atoms with van der Waals surface area (Å²) in [5.74, 6) is 9.20. The third-order valence-electron chi connectivity index (χ3n) is 2.57. The van der Waals surface area contributed by atoms with Gasteiger partial charge in [-0.2, -0.15) is 0 Å². The highest BCUT2D eigenvalue weighted by atomic mass is 15.2. The lowest BCUT2D eigenvalue weighted by molar-refractivity contribution is 0.313. The minimum atomic E-state index is 0.759. The molecule has 1 aromatic heterocycles. The Morgan fingerprint density at radius 3 is 3.27 bits per heavy atom. The van der Waals surface area contributed by atoms with E-state index in [4.69, 9.17) is 5.84 Å². The number of hydrogen-bond acceptors (Lipinski definition) is 4. The van der Waals surface area contributed by atoms with E-state index in [9.17, 15) is 0 Å². The van der Waals surface area contributed by atoms with Gasteiger partial charge >= 0.3 is 0 Å². The number of hydrazine groups is 1. The molecule has 0 aromatic carbocycles. The van der Waals surface area contributed by atoms with Gasteiger partial charge in [-0.05, 0) is 0 Å². The van der Waals surface area contributed by atoms with E-state index in [2.05, 4.69) is 31.8 Å². The normalized spacial score (nSPS) is 16.1. The van der Waals surface area contributed by atoms with E-state index in [1.807, 2.05) is 12.4 Å². The summed E-state index contributed by atoms with van der Waals surface area (Å²) in [7, 11) is 0. The van der Waals surface area contributed by atoms with E-state index >= 15 is 0 Å². The van der Waals surface area contributed by atoms with Crippen molar-refractivity contribution in [1.82, 2.24) is 19.9 Å². The third-order valence-corrected chi connectivity index (χ3v) is 2.57. The standard InChI is InChI=1S/C10H15N5/c11-13-3-1-5-14-6-2-10-12-4-7-15(10)9-8-14/h4,7,13H,2,5-6,8-9,11H2. The van der Waals surface area contributed by atoms with Crippen LogP contribution >= 0.6 is 0 Å². The van der Waals surface area contributed by atoms with Gasteiger partial charge in [0.25, 0.3) is 0 Å². The van der Waals surface area contributed by atoms with Gasteiger partial charge in [-0.25, -0.2) is 10.8 Å². The van der Waals surface area contributed by atoms with E-state index < -0.39 is 0 Å². The minimum Gasteiger partial charge on any atom is -0.334 e. The van der Waals surface area contributed by atoms with Gasteiger partial charge in [-0.15, -0.1) is 0 Å². The molecule has 5 heteroatoms. The summed E-state index contributed by atoms with van der Waals surface area (Å²) in [5, 5.41) is 0. The van der Waals surface area contributed by atoms with Crippen molar-refractivity contribution in [3.8, 4) is 12.0 Å². The maximum atomic E-state index is 5.07. The van der Waals surface area contributed by atoms with Crippen LogP contribution in [-0.2, 0) is 13.0 Å². The van der Waals surface area contributed by atoms with Crippen LogP contribution in [-0.4, -0.2) is 34.1 Å². The molecule has 0 fully saturated rings. The third kappa shape index (κ3) is 2.49. The van der Waals surface area contributed by atoms with Crippen LogP contribution in [0, 0.1) is 12.0 Å². The Labute approximate surface area is 89.2 Å². The van der Waals surface area contributed by atoms with E-state index in [0.717, 1.165) is 32.6 Å². The fourth-order valence-electron chi connectivity index (χ4n) is 1.75. The molecule has 5 nitrogen and oxygen atoms in total. The highest BCUT2D eigenvalue weighted by Gasteiger charge is 2.12. The lowest BCUT2D eigenvalue weighted by Crippen LogP contribution is -2.27. The zero-order valence-electron chi connectivity index (χ0n) is 8.61. The van der Waals surface area contributed by atoms with Gasteiger partial charge in [0.1, 0.15) is 5.82 Å². The quantitative estimate of drug-likeness (QED) is 0.272. The first-order valence-electron chi connectivity index (χ1n) is 5.06. The molecular weight excluding hydrogens is 190 g/mol. The molecule has 1 aliphatic heterocycles. The van der Waals surface area contributed by atoms with Crippen molar-refractivity contribution in [3.63, 3.8) is 0 Å². The molecule has 80 valence electrons. The number of nitrogens with two attached hydrogens (primary N) is 1. The summed E-state index contributed by atoms with van der Waals surface area (Å²) in [6, 6.07) is 2.64. The Morgan fingerprint density at radius 1 is 1.47 bits per heavy atom. The van der Waals surface area contributed by atoms with Crippen molar-refractivity contribution in [1.29, 1.82) is 0 Å². The monoisotopic (exact) mass is 205 g/mol. The van der Waals surface area contributed by atoms with Gasteiger partial charge in [0, 0.05) is 44.5 Å². The summed E-state index contributed by atoms with van der Waals surface area (Å²) < 4.78 is 2.20. The zero-order valence-corrected chi connectivity index (χ0v) is 8.61. The maximum absolute atomic E-state index is 5.07. The summed E-state index contributed by atoms with van der Waals surface area (Å²) in [6.45, 7) is 3.78. The van der Waals surface area contributed by atoms with Crippen LogP contribution < -0.4 is 11.3 Å². The molecule has 0 spiro atoms. The van der Waals surface area contributed by atoms with Gasteiger partial charge in [0.05, 0.1) is 6.54 Å². The highest BCUT2D eigenvalue weighted by molar-refractivity contribution is 5.00. The van der Waals surface area contributed by atoms with E-state index in [-0.39, 0.29) is 0 Å². The topological polar surface area (TPSA) is 59.1 Å². The smallest absolute Gasteiger partial charge is 0.109 e. The van der Waals surface area contributed by atoms with Crippen LogP contribution in [0.1, 0.15) is 5.82 Å². The molecule has 1 aliphatic rings. The molecule has 15 heavy (non-hydrogen) atoms. The van der Waals surface area contributed by atoms with Gasteiger partial charge in [0.15, 0.2) is 0 Å². The average Bonchev–Trinajstić information content (AvgIpc) is 2.61. The number of hydrogen-bond donors (Lipinski definition) is 2. The van der Waals surface area contributed by atoms with Gasteiger partial charge in [-0.1, -0.05) is 5.92 Å². The summed E-state index contributed by atoms with van der Waals surface area (Å²) in [4.78, 5) is 6.62. The first-order valence-corrected chi connectivity index (χ1v) is 5.06. The number of nitrogens with zero attached hydrogens (tertiary/aromatic N) is 3. The second-order valence-corrected chi connectivity index (χ2v) is 3.51. The fourth-order valence-corrected chi connectivity index (χ4v) is 1.75. The fraction of sp³-hybridized carbons (Fsp3) is 0.500. The maximum Gasteiger partial charge on any atom is 0.109 e. The number of aromatic nitrogens is 2.